The van der Waals surface area contributed by atoms with E-state index in [0.717, 1.165) is 67.9 Å². The van der Waals surface area contributed by atoms with Gasteiger partial charge in [0.15, 0.2) is 0 Å². The molecule has 6 rings (SSSR count). The van der Waals surface area contributed by atoms with Crippen molar-refractivity contribution < 1.29 is 19.4 Å². The number of aliphatic hydroxyl groups is 1. The van der Waals surface area contributed by atoms with Crippen LogP contribution in [-0.2, 0) is 23.8 Å². The van der Waals surface area contributed by atoms with Gasteiger partial charge in [0.2, 0.25) is 5.91 Å². The lowest BCUT2D eigenvalue weighted by Gasteiger charge is -2.50. The third-order valence-electron chi connectivity index (χ3n) is 8.94. The molecule has 1 amide bonds. The van der Waals surface area contributed by atoms with Gasteiger partial charge in [0.25, 0.3) is 0 Å². The summed E-state index contributed by atoms with van der Waals surface area (Å²) in [6, 6.07) is 14.3. The summed E-state index contributed by atoms with van der Waals surface area (Å²) in [5.74, 6) is 2.29. The van der Waals surface area contributed by atoms with E-state index in [9.17, 15) is 9.90 Å². The molecule has 7 heteroatoms. The Balaban J connectivity index is 1.45. The second-order valence-electron chi connectivity index (χ2n) is 11.0. The molecular formula is C30H37N3O4. The highest BCUT2D eigenvalue weighted by Crippen LogP contribution is 2.51. The number of rotatable bonds is 6. The van der Waals surface area contributed by atoms with Crippen molar-refractivity contribution in [2.45, 2.75) is 43.7 Å². The Morgan fingerprint density at radius 3 is 2.51 bits per heavy atom. The van der Waals surface area contributed by atoms with Gasteiger partial charge in [-0.15, -0.1) is 0 Å². The normalized spacial score (nSPS) is 21.3. The van der Waals surface area contributed by atoms with Gasteiger partial charge in [-0.2, -0.15) is 0 Å². The molecule has 0 unspecified atom stereocenters. The van der Waals surface area contributed by atoms with Crippen molar-refractivity contribution in [2.75, 3.05) is 40.5 Å². The zero-order valence-corrected chi connectivity index (χ0v) is 22.1. The number of fused-ring (bicyclic) bond motifs is 4. The zero-order chi connectivity index (χ0) is 25.7. The second kappa shape index (κ2) is 9.37. The predicted molar refractivity (Wildman–Crippen MR) is 143 cm³/mol. The van der Waals surface area contributed by atoms with Gasteiger partial charge in [0, 0.05) is 67.3 Å². The van der Waals surface area contributed by atoms with Crippen LogP contribution in [0.1, 0.15) is 48.5 Å². The first kappa shape index (κ1) is 24.3. The van der Waals surface area contributed by atoms with Gasteiger partial charge in [0.1, 0.15) is 11.5 Å². The number of hydrogen-bond donors (Lipinski definition) is 1. The van der Waals surface area contributed by atoms with Crippen LogP contribution in [-0.4, -0.2) is 65.8 Å². The van der Waals surface area contributed by atoms with Crippen molar-refractivity contribution >= 4 is 16.8 Å². The van der Waals surface area contributed by atoms with Gasteiger partial charge in [-0.05, 0) is 49.4 Å². The van der Waals surface area contributed by atoms with Crippen LogP contribution in [0.25, 0.3) is 10.9 Å². The van der Waals surface area contributed by atoms with Crippen molar-refractivity contribution in [3.8, 4) is 11.5 Å². The third kappa shape index (κ3) is 3.99. The minimum Gasteiger partial charge on any atom is -0.497 e. The number of aryl methyl sites for hydroxylation is 1. The summed E-state index contributed by atoms with van der Waals surface area (Å²) < 4.78 is 13.5. The monoisotopic (exact) mass is 503 g/mol. The predicted octanol–water partition coefficient (Wildman–Crippen LogP) is 4.01. The van der Waals surface area contributed by atoms with Crippen molar-refractivity contribution in [1.82, 2.24) is 14.4 Å². The largest absolute Gasteiger partial charge is 0.497 e. The topological polar surface area (TPSA) is 67.2 Å². The number of aliphatic hydroxyl groups excluding tert-OH is 1. The molecule has 2 aromatic carbocycles. The van der Waals surface area contributed by atoms with E-state index in [-0.39, 0.29) is 24.0 Å². The maximum absolute atomic E-state index is 12.9. The number of amides is 1. The van der Waals surface area contributed by atoms with E-state index in [0.29, 0.717) is 12.5 Å². The first-order valence-corrected chi connectivity index (χ1v) is 13.4. The molecule has 0 radical (unpaired) electrons. The van der Waals surface area contributed by atoms with Crippen LogP contribution in [0.2, 0.25) is 0 Å². The standard InChI is InChI=1S/C30H37N3O4/c1-31-24-16-22(36-2)10-11-23(24)27-28(31)25(18-34)33(17-21-6-4-5-7-26(21)37-3)19-30(27)12-14-32(15-13-30)29(35)20-8-9-20/h4-7,10-11,16,20,25,34H,8-9,12-15,17-19H2,1-3H3/t25-/m1/s1. The molecule has 1 atom stereocenters. The van der Waals surface area contributed by atoms with E-state index in [1.807, 2.05) is 24.3 Å². The van der Waals surface area contributed by atoms with Crippen LogP contribution in [0, 0.1) is 5.92 Å². The molecule has 1 saturated heterocycles. The van der Waals surface area contributed by atoms with E-state index < -0.39 is 0 Å². The molecule has 1 aliphatic carbocycles. The van der Waals surface area contributed by atoms with Crippen LogP contribution in [0.5, 0.6) is 11.5 Å². The fourth-order valence-corrected chi connectivity index (χ4v) is 6.83. The molecule has 1 spiro atoms. The number of carbonyl (C=O) groups excluding carboxylic acids is 1. The number of ether oxygens (including phenoxy) is 2. The van der Waals surface area contributed by atoms with Crippen molar-refractivity contribution in [1.29, 1.82) is 0 Å². The zero-order valence-electron chi connectivity index (χ0n) is 22.1. The lowest BCUT2D eigenvalue weighted by Crippen LogP contribution is -2.54. The Kier molecular flexibility index (Phi) is 6.16. The molecular weight excluding hydrogens is 466 g/mol. The van der Waals surface area contributed by atoms with Gasteiger partial charge in [-0.3, -0.25) is 9.69 Å². The fourth-order valence-electron chi connectivity index (χ4n) is 6.83. The summed E-state index contributed by atoms with van der Waals surface area (Å²) in [7, 11) is 5.51. The summed E-state index contributed by atoms with van der Waals surface area (Å²) in [5, 5.41) is 12.0. The lowest BCUT2D eigenvalue weighted by molar-refractivity contribution is -0.134. The van der Waals surface area contributed by atoms with E-state index in [4.69, 9.17) is 9.47 Å². The molecule has 2 aliphatic heterocycles. The Labute approximate surface area is 218 Å². The number of hydrogen-bond acceptors (Lipinski definition) is 5. The Morgan fingerprint density at radius 1 is 1.08 bits per heavy atom. The molecule has 0 bridgehead atoms. The molecule has 3 aliphatic rings. The minimum absolute atomic E-state index is 0.0335. The SMILES string of the molecule is COc1ccc2c3c(n(C)c2c1)[C@@H](CO)N(Cc1ccccc1OC)CC31CCN(C(=O)C2CC2)CC1. The number of methoxy groups -OCH3 is 2. The molecule has 3 aromatic rings. The highest BCUT2D eigenvalue weighted by molar-refractivity contribution is 5.89. The maximum atomic E-state index is 12.9. The summed E-state index contributed by atoms with van der Waals surface area (Å²) in [5.41, 5.74) is 4.66. The first-order chi connectivity index (χ1) is 18.0. The van der Waals surface area contributed by atoms with E-state index in [1.54, 1.807) is 14.2 Å². The van der Waals surface area contributed by atoms with Gasteiger partial charge >= 0.3 is 0 Å². The fraction of sp³-hybridized carbons (Fsp3) is 0.500. The molecule has 196 valence electrons. The molecule has 1 aromatic heterocycles. The number of nitrogens with zero attached hydrogens (tertiary/aromatic N) is 3. The van der Waals surface area contributed by atoms with Crippen LogP contribution in [0.4, 0.5) is 0 Å². The van der Waals surface area contributed by atoms with E-state index >= 15 is 0 Å². The van der Waals surface area contributed by atoms with Crippen LogP contribution < -0.4 is 9.47 Å². The van der Waals surface area contributed by atoms with Gasteiger partial charge in [-0.1, -0.05) is 18.2 Å². The van der Waals surface area contributed by atoms with Crippen molar-refractivity contribution in [3.05, 3.63) is 59.3 Å². The summed E-state index contributed by atoms with van der Waals surface area (Å²) in [6.45, 7) is 3.12. The number of likely N-dealkylation sites (tertiary alicyclic amines) is 1. The molecule has 3 heterocycles. The lowest BCUT2D eigenvalue weighted by atomic mass is 9.68. The molecule has 1 N–H and O–H groups in total. The van der Waals surface area contributed by atoms with Crippen molar-refractivity contribution in [2.24, 2.45) is 13.0 Å². The molecule has 1 saturated carbocycles. The van der Waals surface area contributed by atoms with Crippen LogP contribution >= 0.6 is 0 Å². The highest BCUT2D eigenvalue weighted by Gasteiger charge is 2.49. The van der Waals surface area contributed by atoms with Crippen LogP contribution in [0.3, 0.4) is 0 Å². The van der Waals surface area contributed by atoms with Gasteiger partial charge < -0.3 is 24.0 Å². The number of piperidine rings is 1. The Bertz CT molecular complexity index is 1320. The smallest absolute Gasteiger partial charge is 0.225 e. The van der Waals surface area contributed by atoms with Gasteiger partial charge in [-0.25, -0.2) is 0 Å². The van der Waals surface area contributed by atoms with Crippen molar-refractivity contribution in [3.63, 3.8) is 0 Å². The Morgan fingerprint density at radius 2 is 1.84 bits per heavy atom. The third-order valence-corrected chi connectivity index (χ3v) is 8.94. The van der Waals surface area contributed by atoms with Crippen LogP contribution in [0.15, 0.2) is 42.5 Å². The number of carbonyl (C=O) groups is 1. The maximum Gasteiger partial charge on any atom is 0.225 e. The summed E-state index contributed by atoms with van der Waals surface area (Å²) >= 11 is 0. The summed E-state index contributed by atoms with van der Waals surface area (Å²) in [4.78, 5) is 17.4. The van der Waals surface area contributed by atoms with E-state index in [2.05, 4.69) is 39.6 Å². The second-order valence-corrected chi connectivity index (χ2v) is 11.0. The molecule has 2 fully saturated rings. The average molecular weight is 504 g/mol. The average Bonchev–Trinajstić information content (AvgIpc) is 3.74. The van der Waals surface area contributed by atoms with E-state index in [1.165, 1.54) is 16.6 Å². The molecule has 37 heavy (non-hydrogen) atoms. The number of benzene rings is 2. The number of aromatic nitrogens is 1. The minimum atomic E-state index is -0.139. The molecule has 7 nitrogen and oxygen atoms in total. The van der Waals surface area contributed by atoms with Gasteiger partial charge in [0.05, 0.1) is 32.4 Å². The first-order valence-electron chi connectivity index (χ1n) is 13.4. The summed E-state index contributed by atoms with van der Waals surface area (Å²) in [6.07, 6.45) is 3.93. The number of para-hydroxylation sites is 1. The Hall–Kier alpha value is -3.03. The highest BCUT2D eigenvalue weighted by atomic mass is 16.5. The quantitative estimate of drug-likeness (QED) is 0.551.